The fourth-order valence-corrected chi connectivity index (χ4v) is 2.17. The van der Waals surface area contributed by atoms with Crippen LogP contribution >= 0.6 is 15.6 Å². The van der Waals surface area contributed by atoms with E-state index in [1.54, 1.807) is 7.11 Å². The van der Waals surface area contributed by atoms with Gasteiger partial charge in [-0.05, 0) is 31.5 Å². The highest BCUT2D eigenvalue weighted by atomic mass is 31.2. The number of fused-ring (bicyclic) bond motifs is 1. The van der Waals surface area contributed by atoms with E-state index in [9.17, 15) is 0 Å². The van der Waals surface area contributed by atoms with Crippen LogP contribution < -0.4 is 44.7 Å². The molecular formula is C15H21N3O9P2-6. The highest BCUT2D eigenvalue weighted by Crippen LogP contribution is 2.30. The maximum Gasteiger partial charge on any atom is 0.121 e. The number of phosphoric acid groups is 2. The molecule has 14 heteroatoms. The molecule has 1 aromatic carbocycles. The molecule has 29 heavy (non-hydrogen) atoms. The fourth-order valence-electron chi connectivity index (χ4n) is 2.17. The number of anilines is 1. The molecule has 0 amide bonds. The summed E-state index contributed by atoms with van der Waals surface area (Å²) in [6, 6.07) is 8.05. The maximum absolute atomic E-state index is 8.55. The van der Waals surface area contributed by atoms with E-state index in [0.717, 1.165) is 48.3 Å². The third kappa shape index (κ3) is 15.0. The maximum atomic E-state index is 8.55. The van der Waals surface area contributed by atoms with Crippen LogP contribution in [0.3, 0.4) is 0 Å². The summed E-state index contributed by atoms with van der Waals surface area (Å²) in [5.41, 5.74) is 7.65. The van der Waals surface area contributed by atoms with Gasteiger partial charge in [0.25, 0.3) is 0 Å². The normalized spacial score (nSPS) is 11.1. The van der Waals surface area contributed by atoms with Crippen molar-refractivity contribution in [1.29, 1.82) is 0 Å². The highest BCUT2D eigenvalue weighted by molar-refractivity contribution is 7.40. The summed E-state index contributed by atoms with van der Waals surface area (Å²) >= 11 is 0. The minimum Gasteiger partial charge on any atom is -0.822 e. The predicted molar refractivity (Wildman–Crippen MR) is 95.1 cm³/mol. The number of pyridine rings is 1. The van der Waals surface area contributed by atoms with E-state index >= 15 is 0 Å². The Morgan fingerprint density at radius 2 is 1.62 bits per heavy atom. The Morgan fingerprint density at radius 3 is 2.10 bits per heavy atom. The molecule has 0 radical (unpaired) electrons. The average molecular weight is 449 g/mol. The van der Waals surface area contributed by atoms with Gasteiger partial charge in [-0.15, -0.1) is 0 Å². The fraction of sp³-hybridized carbons (Fsp3) is 0.400. The number of hydrogen-bond donors (Lipinski definition) is 1. The molecular weight excluding hydrogens is 428 g/mol. The molecule has 166 valence electrons. The number of aromatic nitrogens is 1. The van der Waals surface area contributed by atoms with Gasteiger partial charge in [0.05, 0.1) is 18.3 Å². The van der Waals surface area contributed by atoms with E-state index in [-0.39, 0.29) is 0 Å². The van der Waals surface area contributed by atoms with Crippen LogP contribution in [0.5, 0.6) is 5.75 Å². The number of unbranched alkanes of at least 4 members (excludes halogenated alkanes) is 1. The zero-order valence-electron chi connectivity index (χ0n) is 15.8. The molecule has 12 nitrogen and oxygen atoms in total. The van der Waals surface area contributed by atoms with Gasteiger partial charge in [0.2, 0.25) is 0 Å². The van der Waals surface area contributed by atoms with Crippen molar-refractivity contribution in [3.05, 3.63) is 30.5 Å². The Morgan fingerprint density at radius 1 is 1.07 bits per heavy atom. The molecule has 2 N–H and O–H groups in total. The van der Waals surface area contributed by atoms with Gasteiger partial charge in [-0.1, -0.05) is 6.07 Å². The number of nitrogens with two attached hydrogens (primary N) is 1. The molecule has 2 rings (SSSR count). The molecule has 0 saturated carbocycles. The number of hydrogen-bond acceptors (Lipinski definition) is 12. The van der Waals surface area contributed by atoms with Crippen molar-refractivity contribution in [3.63, 3.8) is 0 Å². The van der Waals surface area contributed by atoms with E-state index in [2.05, 4.69) is 23.0 Å². The number of methoxy groups -OCH3 is 1. The van der Waals surface area contributed by atoms with Crippen molar-refractivity contribution in [1.82, 2.24) is 4.98 Å². The standard InChI is InChI=1S/C15H21N3O.2H3O4P/c1-18(9-4-3-7-16)14-11-13(19-2)10-12-6-5-8-17-15(12)14;2*1-5(2,3)4/h5-6,8,10-11H,3-4,7,9,16H2,1-2H3;2*(H3,1,2,3,4)/p-6. The summed E-state index contributed by atoms with van der Waals surface area (Å²) in [6.45, 7) is 1.71. The molecule has 0 spiro atoms. The minimum atomic E-state index is -5.39. The van der Waals surface area contributed by atoms with Crippen LogP contribution in [0.2, 0.25) is 0 Å². The van der Waals surface area contributed by atoms with E-state index < -0.39 is 15.6 Å². The summed E-state index contributed by atoms with van der Waals surface area (Å²) in [6.07, 6.45) is 3.95. The zero-order chi connectivity index (χ0) is 22.7. The first-order valence-electron chi connectivity index (χ1n) is 8.06. The smallest absolute Gasteiger partial charge is 0.121 e. The summed E-state index contributed by atoms with van der Waals surface area (Å²) in [5.74, 6) is 0.862. The van der Waals surface area contributed by atoms with Crippen molar-refractivity contribution in [3.8, 4) is 5.75 Å². The summed E-state index contributed by atoms with van der Waals surface area (Å²) in [4.78, 5) is 58.0. The summed E-state index contributed by atoms with van der Waals surface area (Å²) in [7, 11) is -7.00. The van der Waals surface area contributed by atoms with E-state index in [0.29, 0.717) is 0 Å². The third-order valence-corrected chi connectivity index (χ3v) is 3.25. The van der Waals surface area contributed by atoms with Crippen LogP contribution in [-0.2, 0) is 9.13 Å². The largest absolute Gasteiger partial charge is 0.822 e. The van der Waals surface area contributed by atoms with Gasteiger partial charge in [0.15, 0.2) is 0 Å². The highest BCUT2D eigenvalue weighted by Gasteiger charge is 2.09. The summed E-state index contributed by atoms with van der Waals surface area (Å²) < 4.78 is 22.5. The third-order valence-electron chi connectivity index (χ3n) is 3.25. The lowest BCUT2D eigenvalue weighted by Gasteiger charge is -2.36. The van der Waals surface area contributed by atoms with Gasteiger partial charge in [-0.3, -0.25) is 4.98 Å². The Balaban J connectivity index is 0.000000653. The first-order valence-corrected chi connectivity index (χ1v) is 11.0. The van der Waals surface area contributed by atoms with Gasteiger partial charge in [-0.2, -0.15) is 15.6 Å². The number of nitrogens with zero attached hydrogens (tertiary/aromatic N) is 2. The van der Waals surface area contributed by atoms with Crippen molar-refractivity contribution >= 4 is 32.2 Å². The van der Waals surface area contributed by atoms with E-state index in [1.165, 1.54) is 0 Å². The van der Waals surface area contributed by atoms with Crippen LogP contribution in [0.15, 0.2) is 30.5 Å². The molecule has 0 fully saturated rings. The number of ether oxygens (including phenoxy) is 1. The first kappa shape index (κ1) is 27.4. The van der Waals surface area contributed by atoms with Crippen molar-refractivity contribution in [2.45, 2.75) is 12.8 Å². The molecule has 0 aliphatic rings. The number of benzene rings is 1. The zero-order valence-corrected chi connectivity index (χ0v) is 17.5. The van der Waals surface area contributed by atoms with Crippen molar-refractivity contribution in [2.24, 2.45) is 5.73 Å². The van der Waals surface area contributed by atoms with Crippen LogP contribution in [0.1, 0.15) is 12.8 Å². The molecule has 1 aromatic heterocycles. The second-order valence-corrected chi connectivity index (χ2v) is 7.32. The molecule has 0 bridgehead atoms. The van der Waals surface area contributed by atoms with Crippen LogP contribution in [0.4, 0.5) is 5.69 Å². The Bertz CT molecular complexity index is 804. The van der Waals surface area contributed by atoms with Crippen LogP contribution in [0, 0.1) is 0 Å². The van der Waals surface area contributed by atoms with E-state index in [4.69, 9.17) is 49.0 Å². The number of rotatable bonds is 6. The minimum absolute atomic E-state index is 0.741. The topological polar surface area (TPSA) is 224 Å². The van der Waals surface area contributed by atoms with Gasteiger partial charge in [0, 0.05) is 31.2 Å². The molecule has 0 unspecified atom stereocenters. The lowest BCUT2D eigenvalue weighted by atomic mass is 10.1. The molecule has 0 aliphatic carbocycles. The first-order chi connectivity index (χ1) is 13.3. The van der Waals surface area contributed by atoms with Crippen molar-refractivity contribution in [2.75, 3.05) is 32.1 Å². The summed E-state index contributed by atoms with van der Waals surface area (Å²) in [5, 5.41) is 1.10. The van der Waals surface area contributed by atoms with Crippen molar-refractivity contribution < 1.29 is 43.2 Å². The van der Waals surface area contributed by atoms with Gasteiger partial charge in [0.1, 0.15) is 5.75 Å². The Labute approximate surface area is 168 Å². The second kappa shape index (κ2) is 12.9. The molecule has 0 aliphatic heterocycles. The van der Waals surface area contributed by atoms with Crippen LogP contribution in [0.25, 0.3) is 10.9 Å². The Kier molecular flexibility index (Phi) is 12.2. The SMILES string of the molecule is COc1cc(N(C)CCCCN)c2ncccc2c1.O=P([O-])([O-])[O-].O=P([O-])([O-])[O-]. The van der Waals surface area contributed by atoms with Crippen LogP contribution in [-0.4, -0.2) is 32.2 Å². The monoisotopic (exact) mass is 449 g/mol. The van der Waals surface area contributed by atoms with Gasteiger partial charge in [-0.25, -0.2) is 0 Å². The predicted octanol–water partition coefficient (Wildman–Crippen LogP) is -3.23. The molecule has 2 aromatic rings. The second-order valence-electron chi connectivity index (χ2n) is 5.53. The molecule has 0 atom stereocenters. The molecule has 0 saturated heterocycles. The lowest BCUT2D eigenvalue weighted by Crippen LogP contribution is -2.24. The van der Waals surface area contributed by atoms with Gasteiger partial charge >= 0.3 is 0 Å². The lowest BCUT2D eigenvalue weighted by molar-refractivity contribution is -0.434. The quantitative estimate of drug-likeness (QED) is 0.339. The van der Waals surface area contributed by atoms with Gasteiger partial charge < -0.3 is 53.9 Å². The van der Waals surface area contributed by atoms with E-state index in [1.807, 2.05) is 24.4 Å². The Hall–Kier alpha value is -1.59. The average Bonchev–Trinajstić information content (AvgIpc) is 2.58. The molecule has 1 heterocycles.